The van der Waals surface area contributed by atoms with E-state index in [9.17, 15) is 0 Å². The van der Waals surface area contributed by atoms with Crippen LogP contribution in [0, 0.1) is 11.8 Å². The van der Waals surface area contributed by atoms with Gasteiger partial charge in [0.25, 0.3) is 0 Å². The molecule has 0 atom stereocenters. The second-order valence-corrected chi connectivity index (χ2v) is 6.42. The third kappa shape index (κ3) is 3.77. The fraction of sp³-hybridized carbons (Fsp3) is 0.600. The largest absolute Gasteiger partial charge is 0.491 e. The zero-order valence-corrected chi connectivity index (χ0v) is 12.4. The molecular weight excluding hydrogens is 281 g/mol. The van der Waals surface area contributed by atoms with Crippen LogP contribution < -0.4 is 10.1 Å². The Morgan fingerprint density at radius 3 is 2.42 bits per heavy atom. The molecule has 0 aromatic heterocycles. The molecule has 2 aliphatic carbocycles. The summed E-state index contributed by atoms with van der Waals surface area (Å²) in [5.74, 6) is 2.56. The van der Waals surface area contributed by atoms with Gasteiger partial charge in [-0.25, -0.2) is 0 Å². The minimum atomic E-state index is 0.577. The number of ether oxygens (including phenoxy) is 1. The van der Waals surface area contributed by atoms with Gasteiger partial charge in [0.15, 0.2) is 0 Å². The van der Waals surface area contributed by atoms with E-state index >= 15 is 0 Å². The third-order valence-corrected chi connectivity index (χ3v) is 4.42. The van der Waals surface area contributed by atoms with Crippen LogP contribution in [0.2, 0.25) is 10.0 Å². The van der Waals surface area contributed by atoms with Crippen molar-refractivity contribution in [1.29, 1.82) is 0 Å². The standard InChI is InChI=1S/C15H19Cl2NO/c16-12-5-6-14(13(17)9-12)19-8-7-18-15(10-1-2-10)11-3-4-11/h5-6,9-11,15,18H,1-4,7-8H2. The van der Waals surface area contributed by atoms with Crippen LogP contribution in [-0.4, -0.2) is 19.2 Å². The topological polar surface area (TPSA) is 21.3 Å². The molecule has 2 saturated carbocycles. The molecule has 0 saturated heterocycles. The van der Waals surface area contributed by atoms with Gasteiger partial charge in [0.1, 0.15) is 12.4 Å². The van der Waals surface area contributed by atoms with Gasteiger partial charge < -0.3 is 10.1 Å². The molecule has 0 aliphatic heterocycles. The highest BCUT2D eigenvalue weighted by molar-refractivity contribution is 6.35. The van der Waals surface area contributed by atoms with E-state index in [4.69, 9.17) is 27.9 Å². The molecule has 3 rings (SSSR count). The summed E-state index contributed by atoms with van der Waals surface area (Å²) in [6, 6.07) is 6.06. The number of hydrogen-bond donors (Lipinski definition) is 1. The lowest BCUT2D eigenvalue weighted by Gasteiger charge is -2.18. The average molecular weight is 300 g/mol. The molecule has 104 valence electrons. The van der Waals surface area contributed by atoms with Crippen LogP contribution in [0.15, 0.2) is 18.2 Å². The van der Waals surface area contributed by atoms with E-state index in [1.807, 2.05) is 6.07 Å². The van der Waals surface area contributed by atoms with Crippen molar-refractivity contribution < 1.29 is 4.74 Å². The molecule has 0 amide bonds. The van der Waals surface area contributed by atoms with E-state index < -0.39 is 0 Å². The monoisotopic (exact) mass is 299 g/mol. The van der Waals surface area contributed by atoms with Gasteiger partial charge in [0.2, 0.25) is 0 Å². The van der Waals surface area contributed by atoms with E-state index in [0.717, 1.165) is 24.4 Å². The van der Waals surface area contributed by atoms with Crippen LogP contribution in [0.3, 0.4) is 0 Å². The summed E-state index contributed by atoms with van der Waals surface area (Å²) in [5.41, 5.74) is 0. The zero-order valence-electron chi connectivity index (χ0n) is 10.9. The van der Waals surface area contributed by atoms with E-state index in [0.29, 0.717) is 22.4 Å². The normalized spacial score (nSPS) is 18.9. The number of rotatable bonds is 7. The molecule has 2 nitrogen and oxygen atoms in total. The van der Waals surface area contributed by atoms with Gasteiger partial charge in [0.05, 0.1) is 5.02 Å². The quantitative estimate of drug-likeness (QED) is 0.764. The SMILES string of the molecule is Clc1ccc(OCCNC(C2CC2)C2CC2)c(Cl)c1. The number of benzene rings is 1. The molecule has 1 aromatic carbocycles. The smallest absolute Gasteiger partial charge is 0.138 e. The van der Waals surface area contributed by atoms with Crippen molar-refractivity contribution in [2.75, 3.05) is 13.2 Å². The Morgan fingerprint density at radius 1 is 1.16 bits per heavy atom. The van der Waals surface area contributed by atoms with E-state index in [1.54, 1.807) is 12.1 Å². The molecule has 4 heteroatoms. The summed E-state index contributed by atoms with van der Waals surface area (Å²) in [7, 11) is 0. The molecule has 0 radical (unpaired) electrons. The molecule has 0 spiro atoms. The van der Waals surface area contributed by atoms with Gasteiger partial charge in [-0.15, -0.1) is 0 Å². The predicted octanol–water partition coefficient (Wildman–Crippen LogP) is 4.15. The highest BCUT2D eigenvalue weighted by atomic mass is 35.5. The van der Waals surface area contributed by atoms with Gasteiger partial charge in [-0.3, -0.25) is 0 Å². The first-order chi connectivity index (χ1) is 9.24. The first-order valence-electron chi connectivity index (χ1n) is 7.05. The molecule has 1 aromatic rings. The summed E-state index contributed by atoms with van der Waals surface area (Å²) in [5, 5.41) is 4.86. The van der Waals surface area contributed by atoms with Gasteiger partial charge in [-0.2, -0.15) is 0 Å². The van der Waals surface area contributed by atoms with Crippen molar-refractivity contribution in [2.24, 2.45) is 11.8 Å². The number of nitrogens with one attached hydrogen (secondary N) is 1. The lowest BCUT2D eigenvalue weighted by molar-refractivity contribution is 0.294. The lowest BCUT2D eigenvalue weighted by atomic mass is 10.1. The van der Waals surface area contributed by atoms with Crippen LogP contribution in [0.1, 0.15) is 25.7 Å². The first-order valence-corrected chi connectivity index (χ1v) is 7.81. The Labute approximate surface area is 124 Å². The second kappa shape index (κ2) is 5.90. The van der Waals surface area contributed by atoms with Gasteiger partial charge in [-0.05, 0) is 55.7 Å². The first kappa shape index (κ1) is 13.5. The fourth-order valence-corrected chi connectivity index (χ4v) is 3.07. The Balaban J connectivity index is 1.42. The zero-order chi connectivity index (χ0) is 13.2. The summed E-state index contributed by atoms with van der Waals surface area (Å²) in [4.78, 5) is 0. The minimum absolute atomic E-state index is 0.577. The van der Waals surface area contributed by atoms with Crippen molar-refractivity contribution in [2.45, 2.75) is 31.7 Å². The molecule has 2 fully saturated rings. The maximum atomic E-state index is 6.06. The number of halogens is 2. The highest BCUT2D eigenvalue weighted by Crippen LogP contribution is 2.44. The van der Waals surface area contributed by atoms with Crippen molar-refractivity contribution in [3.8, 4) is 5.75 Å². The molecular formula is C15H19Cl2NO. The van der Waals surface area contributed by atoms with Crippen molar-refractivity contribution in [3.63, 3.8) is 0 Å². The van der Waals surface area contributed by atoms with Gasteiger partial charge in [-0.1, -0.05) is 23.2 Å². The van der Waals surface area contributed by atoms with Crippen LogP contribution in [-0.2, 0) is 0 Å². The highest BCUT2D eigenvalue weighted by Gasteiger charge is 2.40. The molecule has 2 aliphatic rings. The maximum absolute atomic E-state index is 6.06. The fourth-order valence-electron chi connectivity index (χ4n) is 2.61. The Hall–Kier alpha value is -0.440. The summed E-state index contributed by atoms with van der Waals surface area (Å²) in [6.45, 7) is 1.54. The average Bonchev–Trinajstić information content (AvgIpc) is 3.26. The van der Waals surface area contributed by atoms with Gasteiger partial charge >= 0.3 is 0 Å². The third-order valence-electron chi connectivity index (χ3n) is 3.89. The molecule has 19 heavy (non-hydrogen) atoms. The van der Waals surface area contributed by atoms with Crippen LogP contribution in [0.5, 0.6) is 5.75 Å². The van der Waals surface area contributed by atoms with Crippen LogP contribution >= 0.6 is 23.2 Å². The molecule has 0 unspecified atom stereocenters. The Morgan fingerprint density at radius 2 is 1.84 bits per heavy atom. The molecule has 0 bridgehead atoms. The predicted molar refractivity (Wildman–Crippen MR) is 79.2 cm³/mol. The van der Waals surface area contributed by atoms with E-state index in [-0.39, 0.29) is 0 Å². The Bertz CT molecular complexity index is 432. The van der Waals surface area contributed by atoms with Crippen molar-refractivity contribution in [1.82, 2.24) is 5.32 Å². The maximum Gasteiger partial charge on any atom is 0.138 e. The van der Waals surface area contributed by atoms with E-state index in [2.05, 4.69) is 5.32 Å². The van der Waals surface area contributed by atoms with Crippen molar-refractivity contribution in [3.05, 3.63) is 28.2 Å². The van der Waals surface area contributed by atoms with Crippen LogP contribution in [0.25, 0.3) is 0 Å². The molecule has 0 heterocycles. The Kier molecular flexibility index (Phi) is 4.21. The summed E-state index contributed by atoms with van der Waals surface area (Å²) in [6.07, 6.45) is 5.60. The lowest BCUT2D eigenvalue weighted by Crippen LogP contribution is -2.36. The van der Waals surface area contributed by atoms with E-state index in [1.165, 1.54) is 25.7 Å². The summed E-state index contributed by atoms with van der Waals surface area (Å²) >= 11 is 11.9. The molecule has 1 N–H and O–H groups in total. The van der Waals surface area contributed by atoms with Crippen molar-refractivity contribution >= 4 is 23.2 Å². The second-order valence-electron chi connectivity index (χ2n) is 5.58. The summed E-state index contributed by atoms with van der Waals surface area (Å²) < 4.78 is 5.69. The van der Waals surface area contributed by atoms with Crippen LogP contribution in [0.4, 0.5) is 0 Å². The van der Waals surface area contributed by atoms with Gasteiger partial charge in [0, 0.05) is 17.6 Å². The minimum Gasteiger partial charge on any atom is -0.491 e. The number of hydrogen-bond acceptors (Lipinski definition) is 2.